The summed E-state index contributed by atoms with van der Waals surface area (Å²) in [5, 5.41) is 12.5. The van der Waals surface area contributed by atoms with Crippen LogP contribution in [0.1, 0.15) is 18.1 Å². The quantitative estimate of drug-likeness (QED) is 0.641. The highest BCUT2D eigenvalue weighted by Crippen LogP contribution is 2.31. The topological polar surface area (TPSA) is 56.1 Å². The standard InChI is InChI=1S/C19H16FN3OS2/c1-12-9-15(6-3-13(12)10-21)23-17(24)19(2,22-18(23)25)11-26-16-7-4-14(20)5-8-16/h3-9H,11H2,1-2H3,(H,22,25). The van der Waals surface area contributed by atoms with E-state index < -0.39 is 5.54 Å². The summed E-state index contributed by atoms with van der Waals surface area (Å²) in [5.41, 5.74) is 1.13. The van der Waals surface area contributed by atoms with E-state index in [2.05, 4.69) is 11.4 Å². The third-order valence-electron chi connectivity index (χ3n) is 4.19. The van der Waals surface area contributed by atoms with E-state index in [-0.39, 0.29) is 11.7 Å². The van der Waals surface area contributed by atoms with Gasteiger partial charge in [-0.15, -0.1) is 11.8 Å². The van der Waals surface area contributed by atoms with E-state index in [1.165, 1.54) is 28.8 Å². The van der Waals surface area contributed by atoms with Gasteiger partial charge in [0.25, 0.3) is 5.91 Å². The van der Waals surface area contributed by atoms with Crippen LogP contribution in [0.3, 0.4) is 0 Å². The van der Waals surface area contributed by atoms with Crippen molar-refractivity contribution in [1.82, 2.24) is 5.32 Å². The average Bonchev–Trinajstić information content (AvgIpc) is 2.83. The molecule has 1 aliphatic heterocycles. The number of rotatable bonds is 4. The zero-order valence-corrected chi connectivity index (χ0v) is 15.9. The molecule has 2 aromatic rings. The Morgan fingerprint density at radius 3 is 2.62 bits per heavy atom. The lowest BCUT2D eigenvalue weighted by molar-refractivity contribution is -0.120. The van der Waals surface area contributed by atoms with Crippen LogP contribution in [-0.4, -0.2) is 22.3 Å². The van der Waals surface area contributed by atoms with Crippen LogP contribution in [0, 0.1) is 24.1 Å². The predicted octanol–water partition coefficient (Wildman–Crippen LogP) is 3.78. The minimum absolute atomic E-state index is 0.152. The van der Waals surface area contributed by atoms with E-state index in [1.54, 1.807) is 37.3 Å². The highest BCUT2D eigenvalue weighted by atomic mass is 32.2. The number of halogens is 1. The van der Waals surface area contributed by atoms with Gasteiger partial charge in [0.15, 0.2) is 5.11 Å². The second-order valence-corrected chi connectivity index (χ2v) is 7.69. The van der Waals surface area contributed by atoms with E-state index in [9.17, 15) is 9.18 Å². The van der Waals surface area contributed by atoms with Crippen LogP contribution in [0.4, 0.5) is 10.1 Å². The van der Waals surface area contributed by atoms with Crippen molar-refractivity contribution in [2.24, 2.45) is 0 Å². The van der Waals surface area contributed by atoms with Crippen molar-refractivity contribution in [3.63, 3.8) is 0 Å². The summed E-state index contributed by atoms with van der Waals surface area (Å²) in [6.45, 7) is 3.62. The van der Waals surface area contributed by atoms with Gasteiger partial charge in [0.2, 0.25) is 0 Å². The van der Waals surface area contributed by atoms with Crippen LogP contribution in [0.25, 0.3) is 0 Å². The van der Waals surface area contributed by atoms with Crippen molar-refractivity contribution in [2.75, 3.05) is 10.7 Å². The minimum Gasteiger partial charge on any atom is -0.347 e. The fraction of sp³-hybridized carbons (Fsp3) is 0.211. The summed E-state index contributed by atoms with van der Waals surface area (Å²) in [5.74, 6) is 0.00370. The first kappa shape index (κ1) is 18.4. The number of aryl methyl sites for hydroxylation is 1. The fourth-order valence-electron chi connectivity index (χ4n) is 2.69. The molecule has 1 atom stereocenters. The van der Waals surface area contributed by atoms with Crippen LogP contribution in [-0.2, 0) is 4.79 Å². The summed E-state index contributed by atoms with van der Waals surface area (Å²) in [7, 11) is 0. The summed E-state index contributed by atoms with van der Waals surface area (Å²) in [6, 6.07) is 13.5. The van der Waals surface area contributed by atoms with Gasteiger partial charge in [-0.05, 0) is 74.1 Å². The minimum atomic E-state index is -0.863. The van der Waals surface area contributed by atoms with Crippen LogP contribution >= 0.6 is 24.0 Å². The van der Waals surface area contributed by atoms with Crippen molar-refractivity contribution in [1.29, 1.82) is 5.26 Å². The predicted molar refractivity (Wildman–Crippen MR) is 105 cm³/mol. The third-order valence-corrected chi connectivity index (χ3v) is 5.80. The molecule has 132 valence electrons. The lowest BCUT2D eigenvalue weighted by Gasteiger charge is -2.22. The molecule has 7 heteroatoms. The number of nitriles is 1. The van der Waals surface area contributed by atoms with Crippen molar-refractivity contribution >= 4 is 40.7 Å². The molecule has 0 aliphatic carbocycles. The summed E-state index contributed by atoms with van der Waals surface area (Å²) in [4.78, 5) is 15.4. The lowest BCUT2D eigenvalue weighted by atomic mass is 10.1. The number of anilines is 1. The molecule has 1 N–H and O–H groups in total. The molecule has 1 saturated heterocycles. The summed E-state index contributed by atoms with van der Waals surface area (Å²) in [6.07, 6.45) is 0. The Labute approximate surface area is 161 Å². The van der Waals surface area contributed by atoms with E-state index in [0.717, 1.165) is 10.5 Å². The maximum absolute atomic E-state index is 13.0. The number of carbonyl (C=O) groups excluding carboxylic acids is 1. The zero-order chi connectivity index (χ0) is 18.9. The number of hydrogen-bond acceptors (Lipinski definition) is 4. The highest BCUT2D eigenvalue weighted by Gasteiger charge is 2.46. The highest BCUT2D eigenvalue weighted by molar-refractivity contribution is 7.99. The number of amides is 1. The zero-order valence-electron chi connectivity index (χ0n) is 14.2. The van der Waals surface area contributed by atoms with Gasteiger partial charge >= 0.3 is 0 Å². The van der Waals surface area contributed by atoms with Crippen molar-refractivity contribution < 1.29 is 9.18 Å². The molecule has 0 aromatic heterocycles. The molecule has 3 rings (SSSR count). The van der Waals surface area contributed by atoms with Gasteiger partial charge in [0.05, 0.1) is 17.3 Å². The molecule has 4 nitrogen and oxygen atoms in total. The Hall–Kier alpha value is -2.43. The van der Waals surface area contributed by atoms with Gasteiger partial charge < -0.3 is 5.32 Å². The second kappa shape index (κ2) is 7.06. The molecule has 2 aromatic carbocycles. The van der Waals surface area contributed by atoms with Crippen LogP contribution in [0.5, 0.6) is 0 Å². The number of nitrogens with one attached hydrogen (secondary N) is 1. The maximum Gasteiger partial charge on any atom is 0.259 e. The number of benzene rings is 2. The molecule has 0 saturated carbocycles. The lowest BCUT2D eigenvalue weighted by Crippen LogP contribution is -2.46. The first-order valence-corrected chi connectivity index (χ1v) is 9.29. The first-order valence-electron chi connectivity index (χ1n) is 7.90. The molecule has 1 unspecified atom stereocenters. The molecule has 26 heavy (non-hydrogen) atoms. The van der Waals surface area contributed by atoms with Gasteiger partial charge in [0.1, 0.15) is 11.4 Å². The number of thioether (sulfide) groups is 1. The maximum atomic E-state index is 13.0. The van der Waals surface area contributed by atoms with E-state index in [1.807, 2.05) is 6.92 Å². The molecule has 1 heterocycles. The van der Waals surface area contributed by atoms with Crippen molar-refractivity contribution in [3.05, 3.63) is 59.4 Å². The molecule has 1 fully saturated rings. The molecule has 0 bridgehead atoms. The Bertz CT molecular complexity index is 923. The number of carbonyl (C=O) groups is 1. The van der Waals surface area contributed by atoms with Gasteiger partial charge in [-0.25, -0.2) is 4.39 Å². The van der Waals surface area contributed by atoms with Crippen molar-refractivity contribution in [2.45, 2.75) is 24.3 Å². The van der Waals surface area contributed by atoms with Gasteiger partial charge in [-0.1, -0.05) is 0 Å². The Morgan fingerprint density at radius 2 is 2.00 bits per heavy atom. The fourth-order valence-corrected chi connectivity index (χ4v) is 4.08. The van der Waals surface area contributed by atoms with Crippen molar-refractivity contribution in [3.8, 4) is 6.07 Å². The van der Waals surface area contributed by atoms with E-state index in [0.29, 0.717) is 22.1 Å². The monoisotopic (exact) mass is 385 g/mol. The summed E-state index contributed by atoms with van der Waals surface area (Å²) < 4.78 is 13.0. The van der Waals surface area contributed by atoms with Gasteiger partial charge in [-0.3, -0.25) is 9.69 Å². The number of nitrogens with zero attached hydrogens (tertiary/aromatic N) is 2. The largest absolute Gasteiger partial charge is 0.347 e. The van der Waals surface area contributed by atoms with E-state index >= 15 is 0 Å². The number of hydrogen-bond donors (Lipinski definition) is 1. The molecular formula is C19H16FN3OS2. The second-order valence-electron chi connectivity index (χ2n) is 6.26. The smallest absolute Gasteiger partial charge is 0.259 e. The van der Waals surface area contributed by atoms with Crippen LogP contribution in [0.15, 0.2) is 47.4 Å². The van der Waals surface area contributed by atoms with Crippen LogP contribution in [0.2, 0.25) is 0 Å². The number of thiocarbonyl (C=S) groups is 1. The first-order chi connectivity index (χ1) is 12.3. The van der Waals surface area contributed by atoms with Gasteiger partial charge in [-0.2, -0.15) is 5.26 Å². The third kappa shape index (κ3) is 3.43. The van der Waals surface area contributed by atoms with Gasteiger partial charge in [0, 0.05) is 10.6 Å². The molecule has 0 radical (unpaired) electrons. The Kier molecular flexibility index (Phi) is 4.99. The van der Waals surface area contributed by atoms with E-state index in [4.69, 9.17) is 17.5 Å². The Balaban J connectivity index is 1.80. The molecule has 1 amide bonds. The summed E-state index contributed by atoms with van der Waals surface area (Å²) >= 11 is 6.83. The molecule has 1 aliphatic rings. The normalized spacial score (nSPS) is 19.4. The van der Waals surface area contributed by atoms with Crippen LogP contribution < -0.4 is 10.2 Å². The Morgan fingerprint density at radius 1 is 1.31 bits per heavy atom. The average molecular weight is 385 g/mol. The SMILES string of the molecule is Cc1cc(N2C(=O)C(C)(CSc3ccc(F)cc3)NC2=S)ccc1C#N. The molecular weight excluding hydrogens is 369 g/mol. The molecule has 0 spiro atoms.